The van der Waals surface area contributed by atoms with E-state index in [1.807, 2.05) is 0 Å². The standard InChI is InChI=1S/C9H18N4O3S.ClH/c1-13-9(3-4-11-13)17(14,15)12-6-5-10-7-8-16-2;/h3-4,10,12H,5-8H2,1-2H3;1H. The summed E-state index contributed by atoms with van der Waals surface area (Å²) in [7, 11) is -0.255. The SMILES string of the molecule is COCCNCCNS(=O)(=O)c1ccnn1C.Cl. The monoisotopic (exact) mass is 298 g/mol. The number of aromatic nitrogens is 2. The molecule has 106 valence electrons. The van der Waals surface area contributed by atoms with Gasteiger partial charge in [0.05, 0.1) is 12.8 Å². The lowest BCUT2D eigenvalue weighted by molar-refractivity contribution is 0.199. The molecule has 0 saturated heterocycles. The number of ether oxygens (including phenoxy) is 1. The summed E-state index contributed by atoms with van der Waals surface area (Å²) >= 11 is 0. The number of hydrogen-bond donors (Lipinski definition) is 2. The highest BCUT2D eigenvalue weighted by Crippen LogP contribution is 2.04. The summed E-state index contributed by atoms with van der Waals surface area (Å²) in [5.74, 6) is 0. The molecule has 0 unspecified atom stereocenters. The molecule has 0 aliphatic carbocycles. The summed E-state index contributed by atoms with van der Waals surface area (Å²) in [5, 5.41) is 7.02. The molecule has 2 N–H and O–H groups in total. The van der Waals surface area contributed by atoms with E-state index in [4.69, 9.17) is 4.74 Å². The van der Waals surface area contributed by atoms with Crippen molar-refractivity contribution in [3.05, 3.63) is 12.3 Å². The molecule has 18 heavy (non-hydrogen) atoms. The van der Waals surface area contributed by atoms with Crippen LogP contribution in [-0.2, 0) is 21.8 Å². The lowest BCUT2D eigenvalue weighted by Gasteiger charge is -2.07. The normalized spacial score (nSPS) is 11.2. The van der Waals surface area contributed by atoms with Crippen LogP contribution in [0.4, 0.5) is 0 Å². The van der Waals surface area contributed by atoms with Crippen molar-refractivity contribution in [3.8, 4) is 0 Å². The van der Waals surface area contributed by atoms with Crippen molar-refractivity contribution < 1.29 is 13.2 Å². The lowest BCUT2D eigenvalue weighted by Crippen LogP contribution is -2.33. The minimum atomic E-state index is -3.46. The van der Waals surface area contributed by atoms with Gasteiger partial charge in [-0.25, -0.2) is 13.1 Å². The summed E-state index contributed by atoms with van der Waals surface area (Å²) in [6.07, 6.45) is 1.45. The molecule has 0 spiro atoms. The second-order valence-electron chi connectivity index (χ2n) is 3.43. The van der Waals surface area contributed by atoms with E-state index in [9.17, 15) is 8.42 Å². The minimum absolute atomic E-state index is 0. The first-order valence-electron chi connectivity index (χ1n) is 5.25. The smallest absolute Gasteiger partial charge is 0.257 e. The van der Waals surface area contributed by atoms with Crippen molar-refractivity contribution in [2.24, 2.45) is 7.05 Å². The van der Waals surface area contributed by atoms with Crippen LogP contribution in [0.1, 0.15) is 0 Å². The number of halogens is 1. The minimum Gasteiger partial charge on any atom is -0.383 e. The predicted octanol–water partition coefficient (Wildman–Crippen LogP) is -0.644. The molecule has 1 aromatic rings. The van der Waals surface area contributed by atoms with Gasteiger partial charge in [0.1, 0.15) is 0 Å². The molecule has 7 nitrogen and oxygen atoms in total. The average molecular weight is 299 g/mol. The van der Waals surface area contributed by atoms with Crippen LogP contribution in [0.2, 0.25) is 0 Å². The van der Waals surface area contributed by atoms with E-state index in [2.05, 4.69) is 15.1 Å². The Hall–Kier alpha value is -0.670. The third-order valence-corrected chi connectivity index (χ3v) is 3.66. The molecule has 1 heterocycles. The van der Waals surface area contributed by atoms with Gasteiger partial charge in [-0.05, 0) is 6.07 Å². The van der Waals surface area contributed by atoms with Gasteiger partial charge in [0, 0.05) is 33.8 Å². The highest BCUT2D eigenvalue weighted by molar-refractivity contribution is 7.89. The van der Waals surface area contributed by atoms with Crippen molar-refractivity contribution in [2.45, 2.75) is 5.03 Å². The van der Waals surface area contributed by atoms with E-state index < -0.39 is 10.0 Å². The van der Waals surface area contributed by atoms with Crippen LogP contribution in [0.15, 0.2) is 17.3 Å². The van der Waals surface area contributed by atoms with Crippen molar-refractivity contribution in [1.29, 1.82) is 0 Å². The predicted molar refractivity (Wildman–Crippen MR) is 70.4 cm³/mol. The Balaban J connectivity index is 0.00000289. The van der Waals surface area contributed by atoms with Crippen molar-refractivity contribution in [1.82, 2.24) is 19.8 Å². The topological polar surface area (TPSA) is 85.2 Å². The zero-order chi connectivity index (χ0) is 12.7. The molecule has 0 aliphatic heterocycles. The number of sulfonamides is 1. The van der Waals surface area contributed by atoms with Gasteiger partial charge in [0.15, 0.2) is 5.03 Å². The Morgan fingerprint density at radius 1 is 1.39 bits per heavy atom. The quantitative estimate of drug-likeness (QED) is 0.623. The van der Waals surface area contributed by atoms with E-state index in [1.165, 1.54) is 16.9 Å². The van der Waals surface area contributed by atoms with Gasteiger partial charge in [0.25, 0.3) is 10.0 Å². The summed E-state index contributed by atoms with van der Waals surface area (Å²) in [4.78, 5) is 0. The Morgan fingerprint density at radius 3 is 2.67 bits per heavy atom. The molecule has 1 aromatic heterocycles. The molecule has 0 amide bonds. The van der Waals surface area contributed by atoms with E-state index in [0.717, 1.165) is 0 Å². The van der Waals surface area contributed by atoms with Gasteiger partial charge < -0.3 is 10.1 Å². The zero-order valence-corrected chi connectivity index (χ0v) is 12.1. The third-order valence-electron chi connectivity index (χ3n) is 2.13. The summed E-state index contributed by atoms with van der Waals surface area (Å²) in [6, 6.07) is 1.46. The number of hydrogen-bond acceptors (Lipinski definition) is 5. The number of nitrogens with one attached hydrogen (secondary N) is 2. The highest BCUT2D eigenvalue weighted by atomic mass is 35.5. The van der Waals surface area contributed by atoms with E-state index in [1.54, 1.807) is 14.2 Å². The highest BCUT2D eigenvalue weighted by Gasteiger charge is 2.16. The molecule has 0 fully saturated rings. The van der Waals surface area contributed by atoms with Crippen LogP contribution in [-0.4, -0.2) is 51.5 Å². The number of rotatable bonds is 8. The van der Waals surface area contributed by atoms with E-state index in [-0.39, 0.29) is 17.4 Å². The molecule has 0 bridgehead atoms. The maximum absolute atomic E-state index is 11.8. The summed E-state index contributed by atoms with van der Waals surface area (Å²) in [5.41, 5.74) is 0. The molecule has 1 rings (SSSR count). The van der Waals surface area contributed by atoms with Gasteiger partial charge in [-0.2, -0.15) is 5.10 Å². The van der Waals surface area contributed by atoms with Gasteiger partial charge >= 0.3 is 0 Å². The third kappa shape index (κ3) is 5.32. The van der Waals surface area contributed by atoms with Crippen molar-refractivity contribution in [3.63, 3.8) is 0 Å². The fourth-order valence-corrected chi connectivity index (χ4v) is 2.43. The molecular formula is C9H19ClN4O3S. The first-order valence-corrected chi connectivity index (χ1v) is 6.73. The zero-order valence-electron chi connectivity index (χ0n) is 10.4. The van der Waals surface area contributed by atoms with Crippen LogP contribution in [0.5, 0.6) is 0 Å². The van der Waals surface area contributed by atoms with Gasteiger partial charge in [-0.3, -0.25) is 4.68 Å². The Kier molecular flexibility index (Phi) is 8.12. The van der Waals surface area contributed by atoms with Crippen LogP contribution in [0.3, 0.4) is 0 Å². The molecule has 0 aromatic carbocycles. The Labute approximate surface area is 113 Å². The largest absolute Gasteiger partial charge is 0.383 e. The van der Waals surface area contributed by atoms with Crippen molar-refractivity contribution >= 4 is 22.4 Å². The first kappa shape index (κ1) is 17.3. The Morgan fingerprint density at radius 2 is 2.11 bits per heavy atom. The summed E-state index contributed by atoms with van der Waals surface area (Å²) in [6.45, 7) is 2.19. The molecule has 0 atom stereocenters. The molecule has 0 radical (unpaired) electrons. The first-order chi connectivity index (χ1) is 8.08. The molecule has 0 saturated carbocycles. The lowest BCUT2D eigenvalue weighted by atomic mass is 10.6. The fourth-order valence-electron chi connectivity index (χ4n) is 1.27. The van der Waals surface area contributed by atoms with E-state index >= 15 is 0 Å². The number of aryl methyl sites for hydroxylation is 1. The number of nitrogens with zero attached hydrogens (tertiary/aromatic N) is 2. The molecular weight excluding hydrogens is 280 g/mol. The number of methoxy groups -OCH3 is 1. The van der Waals surface area contributed by atoms with Crippen LogP contribution in [0, 0.1) is 0 Å². The van der Waals surface area contributed by atoms with Crippen LogP contribution in [0.25, 0.3) is 0 Å². The maximum Gasteiger partial charge on any atom is 0.257 e. The Bertz CT molecular complexity index is 435. The van der Waals surface area contributed by atoms with Crippen LogP contribution < -0.4 is 10.0 Å². The van der Waals surface area contributed by atoms with Gasteiger partial charge in [-0.1, -0.05) is 0 Å². The molecule has 9 heteroatoms. The fraction of sp³-hybridized carbons (Fsp3) is 0.667. The molecule has 0 aliphatic rings. The van der Waals surface area contributed by atoms with Crippen LogP contribution >= 0.6 is 12.4 Å². The second kappa shape index (κ2) is 8.44. The average Bonchev–Trinajstić information content (AvgIpc) is 2.70. The summed E-state index contributed by atoms with van der Waals surface area (Å²) < 4.78 is 32.2. The van der Waals surface area contributed by atoms with E-state index in [0.29, 0.717) is 26.2 Å². The van der Waals surface area contributed by atoms with Gasteiger partial charge in [0.2, 0.25) is 0 Å². The second-order valence-corrected chi connectivity index (χ2v) is 5.15. The van der Waals surface area contributed by atoms with Gasteiger partial charge in [-0.15, -0.1) is 12.4 Å². The van der Waals surface area contributed by atoms with Crippen molar-refractivity contribution in [2.75, 3.05) is 33.4 Å². The maximum atomic E-state index is 11.8.